The third kappa shape index (κ3) is 4.19. The summed E-state index contributed by atoms with van der Waals surface area (Å²) in [5.41, 5.74) is 3.76. The molecule has 1 aliphatic rings. The summed E-state index contributed by atoms with van der Waals surface area (Å²) in [6, 6.07) is 13.9. The molecule has 1 fully saturated rings. The predicted octanol–water partition coefficient (Wildman–Crippen LogP) is 3.36. The number of aromatic nitrogens is 2. The summed E-state index contributed by atoms with van der Waals surface area (Å²) in [6.45, 7) is 1.37. The van der Waals surface area contributed by atoms with Crippen molar-refractivity contribution in [2.24, 2.45) is 0 Å². The van der Waals surface area contributed by atoms with Crippen molar-refractivity contribution < 1.29 is 14.3 Å². The Morgan fingerprint density at radius 1 is 1.34 bits per heavy atom. The van der Waals surface area contributed by atoms with Gasteiger partial charge in [-0.3, -0.25) is 0 Å². The van der Waals surface area contributed by atoms with E-state index in [-0.39, 0.29) is 11.7 Å². The van der Waals surface area contributed by atoms with E-state index in [0.717, 1.165) is 27.7 Å². The van der Waals surface area contributed by atoms with Crippen molar-refractivity contribution in [3.63, 3.8) is 0 Å². The molecular weight excluding hydrogens is 386 g/mol. The maximum Gasteiger partial charge on any atom is 0.349 e. The van der Waals surface area contributed by atoms with Crippen LogP contribution in [-0.4, -0.2) is 34.8 Å². The molecule has 3 aromatic rings. The Morgan fingerprint density at radius 2 is 2.17 bits per heavy atom. The molecule has 6 nitrogen and oxygen atoms in total. The second kappa shape index (κ2) is 8.52. The Morgan fingerprint density at radius 3 is 2.90 bits per heavy atom. The van der Waals surface area contributed by atoms with E-state index in [2.05, 4.69) is 29.7 Å². The maximum atomic E-state index is 12.3. The van der Waals surface area contributed by atoms with Gasteiger partial charge < -0.3 is 14.0 Å². The first-order chi connectivity index (χ1) is 14.2. The zero-order valence-corrected chi connectivity index (χ0v) is 16.5. The molecule has 0 atom stereocenters. The fourth-order valence-corrected chi connectivity index (χ4v) is 3.39. The van der Waals surface area contributed by atoms with Crippen molar-refractivity contribution in [2.75, 3.05) is 13.2 Å². The van der Waals surface area contributed by atoms with Crippen molar-refractivity contribution in [1.29, 1.82) is 5.26 Å². The molecule has 0 bridgehead atoms. The van der Waals surface area contributed by atoms with Gasteiger partial charge in [0.1, 0.15) is 23.4 Å². The molecular formula is C22H19N3O3S. The molecule has 29 heavy (non-hydrogen) atoms. The quantitative estimate of drug-likeness (QED) is 0.295. The lowest BCUT2D eigenvalue weighted by atomic mass is 10.1. The van der Waals surface area contributed by atoms with Crippen molar-refractivity contribution >= 4 is 35.7 Å². The molecule has 1 aliphatic heterocycles. The van der Waals surface area contributed by atoms with Gasteiger partial charge in [0.15, 0.2) is 0 Å². The number of nitrogens with zero attached hydrogens (tertiary/aromatic N) is 3. The minimum absolute atomic E-state index is 0.0446. The van der Waals surface area contributed by atoms with Crippen LogP contribution in [0, 0.1) is 11.3 Å². The average Bonchev–Trinajstić information content (AvgIpc) is 3.06. The van der Waals surface area contributed by atoms with E-state index in [1.54, 1.807) is 12.3 Å². The van der Waals surface area contributed by atoms with E-state index in [1.165, 1.54) is 0 Å². The molecule has 1 aromatic carbocycles. The van der Waals surface area contributed by atoms with Crippen LogP contribution in [0.3, 0.4) is 0 Å². The molecule has 146 valence electrons. The van der Waals surface area contributed by atoms with Crippen LogP contribution in [0.5, 0.6) is 0 Å². The molecule has 1 saturated heterocycles. The highest BCUT2D eigenvalue weighted by molar-refractivity contribution is 7.79. The van der Waals surface area contributed by atoms with Crippen molar-refractivity contribution in [1.82, 2.24) is 9.55 Å². The average molecular weight is 405 g/mol. The number of nitriles is 1. The lowest BCUT2D eigenvalue weighted by Gasteiger charge is -2.25. The first-order valence-corrected chi connectivity index (χ1v) is 9.84. The number of benzene rings is 1. The molecule has 3 heterocycles. The number of thiol groups is 1. The van der Waals surface area contributed by atoms with Gasteiger partial charge in [-0.25, -0.2) is 9.78 Å². The molecule has 2 aromatic heterocycles. The van der Waals surface area contributed by atoms with Gasteiger partial charge in [-0.15, -0.1) is 0 Å². The predicted molar refractivity (Wildman–Crippen MR) is 112 cm³/mol. The number of rotatable bonds is 6. The van der Waals surface area contributed by atoms with Crippen LogP contribution in [0.4, 0.5) is 0 Å². The topological polar surface area (TPSA) is 77.1 Å². The Kier molecular flexibility index (Phi) is 5.65. The number of pyridine rings is 1. The standard InChI is InChI=1S/C22H19N3O3S/c23-9-17(22(26)28-19-12-27-13-19)8-18-11-25(21-20(18)5-2-6-24-21)10-15-3-1-4-16(7-15)14-29/h1-8,11,19,29H,10,12-14H2/b17-8+. The van der Waals surface area contributed by atoms with Crippen LogP contribution < -0.4 is 0 Å². The zero-order chi connectivity index (χ0) is 20.2. The summed E-state index contributed by atoms with van der Waals surface area (Å²) in [5, 5.41) is 10.3. The van der Waals surface area contributed by atoms with Gasteiger partial charge in [0.2, 0.25) is 0 Å². The monoisotopic (exact) mass is 405 g/mol. The highest BCUT2D eigenvalue weighted by Crippen LogP contribution is 2.24. The Labute approximate surface area is 173 Å². The van der Waals surface area contributed by atoms with Gasteiger partial charge in [-0.05, 0) is 29.3 Å². The van der Waals surface area contributed by atoms with Crippen LogP contribution in [0.1, 0.15) is 16.7 Å². The molecule has 0 unspecified atom stereocenters. The van der Waals surface area contributed by atoms with Gasteiger partial charge in [0, 0.05) is 35.6 Å². The van der Waals surface area contributed by atoms with Crippen LogP contribution in [0.25, 0.3) is 17.1 Å². The molecule has 0 N–H and O–H groups in total. The number of carbonyl (C=O) groups excluding carboxylic acids is 1. The molecule has 0 amide bonds. The second-order valence-corrected chi connectivity index (χ2v) is 7.12. The maximum absolute atomic E-state index is 12.3. The van der Waals surface area contributed by atoms with Crippen LogP contribution in [-0.2, 0) is 26.6 Å². The summed E-state index contributed by atoms with van der Waals surface area (Å²) in [4.78, 5) is 16.8. The first kappa shape index (κ1) is 19.2. The van der Waals surface area contributed by atoms with Gasteiger partial charge in [-0.2, -0.15) is 17.9 Å². The van der Waals surface area contributed by atoms with Gasteiger partial charge in [0.05, 0.1) is 13.2 Å². The number of fused-ring (bicyclic) bond motifs is 1. The number of hydrogen-bond acceptors (Lipinski definition) is 6. The number of ether oxygens (including phenoxy) is 2. The molecule has 0 spiro atoms. The molecule has 0 saturated carbocycles. The van der Waals surface area contributed by atoms with Crippen LogP contribution in [0.15, 0.2) is 54.4 Å². The molecule has 0 aliphatic carbocycles. The number of carbonyl (C=O) groups is 1. The number of hydrogen-bond donors (Lipinski definition) is 1. The van der Waals surface area contributed by atoms with E-state index >= 15 is 0 Å². The van der Waals surface area contributed by atoms with E-state index < -0.39 is 5.97 Å². The minimum atomic E-state index is -0.632. The summed E-state index contributed by atoms with van der Waals surface area (Å²) >= 11 is 4.34. The molecule has 4 rings (SSSR count). The van der Waals surface area contributed by atoms with Gasteiger partial charge in [0.25, 0.3) is 0 Å². The smallest absolute Gasteiger partial charge is 0.349 e. The van der Waals surface area contributed by atoms with Crippen LogP contribution >= 0.6 is 12.6 Å². The highest BCUT2D eigenvalue weighted by atomic mass is 32.1. The molecule has 7 heteroatoms. The minimum Gasteiger partial charge on any atom is -0.453 e. The number of esters is 1. The Bertz CT molecular complexity index is 1130. The van der Waals surface area contributed by atoms with Crippen LogP contribution in [0.2, 0.25) is 0 Å². The first-order valence-electron chi connectivity index (χ1n) is 9.21. The van der Waals surface area contributed by atoms with Crippen molar-refractivity contribution in [3.05, 3.63) is 71.1 Å². The normalized spacial score (nSPS) is 14.4. The highest BCUT2D eigenvalue weighted by Gasteiger charge is 2.24. The Balaban J connectivity index is 1.67. The fraction of sp³-hybridized carbons (Fsp3) is 0.227. The SMILES string of the molecule is N#C/C(=C\c1cn(Cc2cccc(CS)c2)c2ncccc12)C(=O)OC1COC1. The van der Waals surface area contributed by atoms with Gasteiger partial charge >= 0.3 is 5.97 Å². The Hall–Kier alpha value is -3.08. The van der Waals surface area contributed by atoms with Gasteiger partial charge in [-0.1, -0.05) is 24.3 Å². The van der Waals surface area contributed by atoms with E-state index in [0.29, 0.717) is 25.5 Å². The third-order valence-electron chi connectivity index (χ3n) is 4.71. The van der Waals surface area contributed by atoms with E-state index in [9.17, 15) is 10.1 Å². The summed E-state index contributed by atoms with van der Waals surface area (Å²) in [5.74, 6) is 0.0405. The third-order valence-corrected chi connectivity index (χ3v) is 5.08. The van der Waals surface area contributed by atoms with E-state index in [1.807, 2.05) is 41.1 Å². The summed E-state index contributed by atoms with van der Waals surface area (Å²) in [7, 11) is 0. The van der Waals surface area contributed by atoms with Crippen molar-refractivity contribution in [2.45, 2.75) is 18.4 Å². The van der Waals surface area contributed by atoms with E-state index in [4.69, 9.17) is 9.47 Å². The zero-order valence-electron chi connectivity index (χ0n) is 15.6. The largest absolute Gasteiger partial charge is 0.453 e. The summed E-state index contributed by atoms with van der Waals surface area (Å²) < 4.78 is 12.3. The lowest BCUT2D eigenvalue weighted by Crippen LogP contribution is -2.38. The lowest BCUT2D eigenvalue weighted by molar-refractivity contribution is -0.167. The second-order valence-electron chi connectivity index (χ2n) is 6.80. The van der Waals surface area contributed by atoms with Crippen molar-refractivity contribution in [3.8, 4) is 6.07 Å². The fourth-order valence-electron chi connectivity index (χ4n) is 3.20. The summed E-state index contributed by atoms with van der Waals surface area (Å²) in [6.07, 6.45) is 4.92. The molecule has 0 radical (unpaired) electrons.